The molecule has 0 aromatic rings. The zero-order valence-corrected chi connectivity index (χ0v) is 8.67. The minimum atomic E-state index is -0.194. The van der Waals surface area contributed by atoms with Crippen molar-refractivity contribution in [3.8, 4) is 0 Å². The first-order chi connectivity index (χ1) is 6.07. The average Bonchev–Trinajstić information content (AvgIpc) is 2.02. The second-order valence-electron chi connectivity index (χ2n) is 3.31. The van der Waals surface area contributed by atoms with Crippen molar-refractivity contribution in [1.82, 2.24) is 5.32 Å². The third kappa shape index (κ3) is 6.49. The Labute approximate surface area is 80.2 Å². The molecule has 3 heteroatoms. The molecular weight excluding hydrogens is 166 g/mol. The Morgan fingerprint density at radius 2 is 2.23 bits per heavy atom. The number of ketones is 1. The summed E-state index contributed by atoms with van der Waals surface area (Å²) >= 11 is 0. The minimum absolute atomic E-state index is 0.109. The quantitative estimate of drug-likeness (QED) is 0.477. The zero-order valence-electron chi connectivity index (χ0n) is 8.67. The monoisotopic (exact) mass is 185 g/mol. The van der Waals surface area contributed by atoms with Crippen LogP contribution in [0.25, 0.3) is 0 Å². The highest BCUT2D eigenvalue weighted by atomic mass is 16.5. The lowest BCUT2D eigenvalue weighted by atomic mass is 10.2. The van der Waals surface area contributed by atoms with E-state index in [1.807, 2.05) is 13.8 Å². The van der Waals surface area contributed by atoms with Gasteiger partial charge in [-0.05, 0) is 6.92 Å². The third-order valence-electron chi connectivity index (χ3n) is 1.55. The Balaban J connectivity index is 3.80. The lowest BCUT2D eigenvalue weighted by molar-refractivity contribution is -0.120. The summed E-state index contributed by atoms with van der Waals surface area (Å²) in [4.78, 5) is 11.1. The summed E-state index contributed by atoms with van der Waals surface area (Å²) in [5.74, 6) is 0.109. The van der Waals surface area contributed by atoms with Crippen molar-refractivity contribution in [2.45, 2.75) is 32.9 Å². The molecule has 0 fully saturated rings. The molecule has 0 aliphatic heterocycles. The van der Waals surface area contributed by atoms with Crippen molar-refractivity contribution in [2.75, 3.05) is 13.2 Å². The Bertz CT molecular complexity index is 166. The van der Waals surface area contributed by atoms with Crippen LogP contribution < -0.4 is 5.32 Å². The maximum atomic E-state index is 11.1. The maximum absolute atomic E-state index is 11.1. The lowest BCUT2D eigenvalue weighted by Gasteiger charge is -2.18. The molecule has 0 aromatic heterocycles. The van der Waals surface area contributed by atoms with Gasteiger partial charge in [-0.3, -0.25) is 4.79 Å². The van der Waals surface area contributed by atoms with Crippen LogP contribution in [0.2, 0.25) is 0 Å². The van der Waals surface area contributed by atoms with E-state index in [1.54, 1.807) is 13.0 Å². The number of carbonyl (C=O) groups excluding carboxylic acids is 1. The first kappa shape index (κ1) is 12.3. The van der Waals surface area contributed by atoms with Gasteiger partial charge >= 0.3 is 0 Å². The van der Waals surface area contributed by atoms with Crippen LogP contribution in [0.5, 0.6) is 0 Å². The van der Waals surface area contributed by atoms with E-state index in [9.17, 15) is 4.79 Å². The topological polar surface area (TPSA) is 38.3 Å². The van der Waals surface area contributed by atoms with Crippen LogP contribution in [-0.2, 0) is 9.53 Å². The number of carbonyl (C=O) groups is 1. The fourth-order valence-electron chi connectivity index (χ4n) is 0.954. The number of ether oxygens (including phenoxy) is 1. The summed E-state index contributed by atoms with van der Waals surface area (Å²) in [6.07, 6.45) is 1.67. The van der Waals surface area contributed by atoms with Crippen LogP contribution in [0.4, 0.5) is 0 Å². The molecule has 13 heavy (non-hydrogen) atoms. The van der Waals surface area contributed by atoms with Crippen molar-refractivity contribution in [2.24, 2.45) is 0 Å². The van der Waals surface area contributed by atoms with Gasteiger partial charge in [0.1, 0.15) is 5.78 Å². The second kappa shape index (κ2) is 6.80. The molecule has 76 valence electrons. The summed E-state index contributed by atoms with van der Waals surface area (Å²) in [5, 5.41) is 3.13. The maximum Gasteiger partial charge on any atom is 0.149 e. The summed E-state index contributed by atoms with van der Waals surface area (Å²) in [5.41, 5.74) is 0. The van der Waals surface area contributed by atoms with Crippen molar-refractivity contribution in [1.29, 1.82) is 0 Å². The zero-order chi connectivity index (χ0) is 10.3. The summed E-state index contributed by atoms with van der Waals surface area (Å²) in [7, 11) is 0. The Hall–Kier alpha value is -0.670. The normalized spacial score (nSPS) is 12.9. The van der Waals surface area contributed by atoms with Gasteiger partial charge in [0.15, 0.2) is 0 Å². The summed E-state index contributed by atoms with van der Waals surface area (Å²) in [6.45, 7) is 10.0. The van der Waals surface area contributed by atoms with E-state index < -0.39 is 0 Å². The van der Waals surface area contributed by atoms with Gasteiger partial charge in [-0.2, -0.15) is 0 Å². The van der Waals surface area contributed by atoms with E-state index in [4.69, 9.17) is 4.74 Å². The number of Topliss-reactive ketones (excluding diaryl/α,β-unsaturated/α-hetero) is 1. The Morgan fingerprint density at radius 3 is 2.62 bits per heavy atom. The molecule has 0 radical (unpaired) electrons. The highest BCUT2D eigenvalue weighted by Crippen LogP contribution is 1.91. The van der Waals surface area contributed by atoms with E-state index >= 15 is 0 Å². The van der Waals surface area contributed by atoms with Crippen LogP contribution in [0.15, 0.2) is 12.7 Å². The molecule has 3 nitrogen and oxygen atoms in total. The van der Waals surface area contributed by atoms with Gasteiger partial charge in [-0.15, -0.1) is 6.58 Å². The lowest BCUT2D eigenvalue weighted by Crippen LogP contribution is -2.43. The molecular formula is C10H19NO2. The number of nitrogens with one attached hydrogen (secondary N) is 1. The molecule has 0 saturated heterocycles. The molecule has 0 bridgehead atoms. The largest absolute Gasteiger partial charge is 0.375 e. The molecule has 0 aliphatic carbocycles. The molecule has 1 unspecified atom stereocenters. The van der Waals surface area contributed by atoms with Crippen LogP contribution in [0.3, 0.4) is 0 Å². The minimum Gasteiger partial charge on any atom is -0.375 e. The average molecular weight is 185 g/mol. The Morgan fingerprint density at radius 1 is 1.62 bits per heavy atom. The highest BCUT2D eigenvalue weighted by Gasteiger charge is 2.14. The number of hydrogen-bond acceptors (Lipinski definition) is 3. The number of rotatable bonds is 7. The van der Waals surface area contributed by atoms with Gasteiger partial charge in [0.05, 0.1) is 19.3 Å². The van der Waals surface area contributed by atoms with E-state index in [0.717, 1.165) is 0 Å². The molecule has 0 spiro atoms. The van der Waals surface area contributed by atoms with Crippen molar-refractivity contribution < 1.29 is 9.53 Å². The van der Waals surface area contributed by atoms with Crippen LogP contribution in [0.1, 0.15) is 20.8 Å². The predicted molar refractivity (Wildman–Crippen MR) is 53.8 cm³/mol. The van der Waals surface area contributed by atoms with Crippen LogP contribution in [-0.4, -0.2) is 31.1 Å². The standard InChI is InChI=1S/C10H19NO2/c1-5-6-13-7-10(9(4)12)11-8(2)3/h5,8,10-11H,1,6-7H2,2-4H3. The van der Waals surface area contributed by atoms with Crippen molar-refractivity contribution in [3.63, 3.8) is 0 Å². The highest BCUT2D eigenvalue weighted by molar-refractivity contribution is 5.81. The first-order valence-electron chi connectivity index (χ1n) is 4.53. The SMILES string of the molecule is C=CCOCC(NC(C)C)C(C)=O. The van der Waals surface area contributed by atoms with Gasteiger partial charge in [-0.1, -0.05) is 19.9 Å². The number of hydrogen-bond donors (Lipinski definition) is 1. The molecule has 0 rings (SSSR count). The summed E-state index contributed by atoms with van der Waals surface area (Å²) in [6, 6.07) is 0.0983. The molecule has 1 N–H and O–H groups in total. The first-order valence-corrected chi connectivity index (χ1v) is 4.53. The van der Waals surface area contributed by atoms with Crippen molar-refractivity contribution in [3.05, 3.63) is 12.7 Å². The Kier molecular flexibility index (Phi) is 6.45. The fourth-order valence-corrected chi connectivity index (χ4v) is 0.954. The molecule has 0 heterocycles. The molecule has 0 aromatic carbocycles. The van der Waals surface area contributed by atoms with Gasteiger partial charge in [0.25, 0.3) is 0 Å². The van der Waals surface area contributed by atoms with Gasteiger partial charge < -0.3 is 10.1 Å². The third-order valence-corrected chi connectivity index (χ3v) is 1.55. The van der Waals surface area contributed by atoms with E-state index in [0.29, 0.717) is 19.3 Å². The van der Waals surface area contributed by atoms with Gasteiger partial charge in [0.2, 0.25) is 0 Å². The van der Waals surface area contributed by atoms with Crippen molar-refractivity contribution >= 4 is 5.78 Å². The molecule has 0 aliphatic rings. The van der Waals surface area contributed by atoms with Gasteiger partial charge in [-0.25, -0.2) is 0 Å². The van der Waals surface area contributed by atoms with E-state index in [-0.39, 0.29) is 11.8 Å². The molecule has 0 amide bonds. The van der Waals surface area contributed by atoms with Gasteiger partial charge in [0, 0.05) is 6.04 Å². The molecule has 1 atom stereocenters. The fraction of sp³-hybridized carbons (Fsp3) is 0.700. The predicted octanol–water partition coefficient (Wildman–Crippen LogP) is 1.14. The van der Waals surface area contributed by atoms with E-state index in [2.05, 4.69) is 11.9 Å². The summed E-state index contributed by atoms with van der Waals surface area (Å²) < 4.78 is 5.21. The molecule has 0 saturated carbocycles. The van der Waals surface area contributed by atoms with E-state index in [1.165, 1.54) is 0 Å². The smallest absolute Gasteiger partial charge is 0.149 e. The van der Waals surface area contributed by atoms with Crippen LogP contribution in [0, 0.1) is 0 Å². The second-order valence-corrected chi connectivity index (χ2v) is 3.31. The van der Waals surface area contributed by atoms with Crippen LogP contribution >= 0.6 is 0 Å².